The van der Waals surface area contributed by atoms with Crippen molar-refractivity contribution in [1.82, 2.24) is 4.31 Å². The van der Waals surface area contributed by atoms with Gasteiger partial charge in [-0.25, -0.2) is 8.42 Å². The molecule has 0 spiro atoms. The Labute approximate surface area is 106 Å². The van der Waals surface area contributed by atoms with Crippen molar-refractivity contribution >= 4 is 22.0 Å². The first-order valence-corrected chi connectivity index (χ1v) is 7.18. The molecule has 1 fully saturated rings. The zero-order valence-corrected chi connectivity index (χ0v) is 11.1. The summed E-state index contributed by atoms with van der Waals surface area (Å²) >= 11 is 0. The number of rotatable bonds is 4. The van der Waals surface area contributed by atoms with E-state index in [4.69, 9.17) is 5.11 Å². The van der Waals surface area contributed by atoms with Crippen LogP contribution in [0.25, 0.3) is 0 Å². The first kappa shape index (κ1) is 14.9. The van der Waals surface area contributed by atoms with Crippen LogP contribution in [0.15, 0.2) is 0 Å². The molecular formula is C10H17NO6S. The van der Waals surface area contributed by atoms with Gasteiger partial charge >= 0.3 is 11.9 Å². The van der Waals surface area contributed by atoms with E-state index in [-0.39, 0.29) is 19.4 Å². The zero-order chi connectivity index (χ0) is 13.9. The molecule has 0 aromatic carbocycles. The maximum absolute atomic E-state index is 11.9. The topological polar surface area (TPSA) is 101 Å². The minimum Gasteiger partial charge on any atom is -0.481 e. The highest BCUT2D eigenvalue weighted by molar-refractivity contribution is 7.89. The number of piperidine rings is 1. The highest BCUT2D eigenvalue weighted by Crippen LogP contribution is 2.25. The van der Waals surface area contributed by atoms with Crippen molar-refractivity contribution in [2.45, 2.75) is 25.8 Å². The minimum atomic E-state index is -3.73. The summed E-state index contributed by atoms with van der Waals surface area (Å²) in [7, 11) is -2.60. The van der Waals surface area contributed by atoms with E-state index in [1.165, 1.54) is 4.31 Å². The fourth-order valence-corrected chi connectivity index (χ4v) is 3.68. The van der Waals surface area contributed by atoms with Gasteiger partial charge in [0.2, 0.25) is 10.0 Å². The molecule has 0 aromatic heterocycles. The number of carboxylic acids is 1. The molecule has 2 unspecified atom stereocenters. The molecule has 1 saturated heterocycles. The van der Waals surface area contributed by atoms with Crippen LogP contribution in [0, 0.1) is 5.92 Å². The van der Waals surface area contributed by atoms with Crippen molar-refractivity contribution in [3.8, 4) is 0 Å². The van der Waals surface area contributed by atoms with Crippen LogP contribution in [0.4, 0.5) is 0 Å². The lowest BCUT2D eigenvalue weighted by atomic mass is 9.93. The van der Waals surface area contributed by atoms with Gasteiger partial charge in [0.1, 0.15) is 0 Å². The fourth-order valence-electron chi connectivity index (χ4n) is 2.08. The average Bonchev–Trinajstić information content (AvgIpc) is 2.27. The Morgan fingerprint density at radius 2 is 2.06 bits per heavy atom. The largest absolute Gasteiger partial charge is 0.481 e. The normalized spacial score (nSPS) is 25.7. The van der Waals surface area contributed by atoms with E-state index in [0.717, 1.165) is 7.11 Å². The van der Waals surface area contributed by atoms with Crippen LogP contribution in [-0.2, 0) is 24.3 Å². The third-order valence-electron chi connectivity index (χ3n) is 3.05. The van der Waals surface area contributed by atoms with Gasteiger partial charge in [0.15, 0.2) is 5.75 Å². The standard InChI is InChI=1S/C10H17NO6S/c1-7-5-8(10(13)14)3-4-11(7)18(15,16)6-9(12)17-2/h7-8H,3-6H2,1-2H3,(H,13,14). The van der Waals surface area contributed by atoms with Gasteiger partial charge < -0.3 is 9.84 Å². The maximum Gasteiger partial charge on any atom is 0.322 e. The Hall–Kier alpha value is -1.15. The summed E-state index contributed by atoms with van der Waals surface area (Å²) in [5, 5.41) is 8.89. The smallest absolute Gasteiger partial charge is 0.322 e. The lowest BCUT2D eigenvalue weighted by Gasteiger charge is -2.34. The van der Waals surface area contributed by atoms with Crippen LogP contribution in [0.2, 0.25) is 0 Å². The number of hydrogen-bond donors (Lipinski definition) is 1. The van der Waals surface area contributed by atoms with Crippen molar-refractivity contribution < 1.29 is 27.9 Å². The number of carboxylic acid groups (broad SMARTS) is 1. The van der Waals surface area contributed by atoms with Crippen LogP contribution >= 0.6 is 0 Å². The molecule has 104 valence electrons. The molecule has 8 heteroatoms. The Balaban J connectivity index is 2.74. The molecule has 1 aliphatic heterocycles. The Bertz CT molecular complexity index is 432. The zero-order valence-electron chi connectivity index (χ0n) is 10.3. The van der Waals surface area contributed by atoms with Crippen molar-refractivity contribution in [1.29, 1.82) is 0 Å². The third kappa shape index (κ3) is 3.42. The van der Waals surface area contributed by atoms with Gasteiger partial charge in [-0.15, -0.1) is 0 Å². The highest BCUT2D eigenvalue weighted by Gasteiger charge is 2.37. The Kier molecular flexibility index (Phi) is 4.69. The van der Waals surface area contributed by atoms with E-state index in [1.54, 1.807) is 6.92 Å². The average molecular weight is 279 g/mol. The highest BCUT2D eigenvalue weighted by atomic mass is 32.2. The second-order valence-corrected chi connectivity index (χ2v) is 6.27. The molecule has 7 nitrogen and oxygen atoms in total. The summed E-state index contributed by atoms with van der Waals surface area (Å²) in [5.41, 5.74) is 0. The Morgan fingerprint density at radius 3 is 2.50 bits per heavy atom. The summed E-state index contributed by atoms with van der Waals surface area (Å²) in [4.78, 5) is 21.9. The van der Waals surface area contributed by atoms with Crippen LogP contribution in [0.1, 0.15) is 19.8 Å². The summed E-state index contributed by atoms with van der Waals surface area (Å²) in [6, 6.07) is -0.422. The van der Waals surface area contributed by atoms with Gasteiger partial charge in [-0.2, -0.15) is 4.31 Å². The molecule has 1 rings (SSSR count). The molecule has 18 heavy (non-hydrogen) atoms. The van der Waals surface area contributed by atoms with Crippen LogP contribution in [-0.4, -0.2) is 55.2 Å². The molecule has 0 saturated carbocycles. The van der Waals surface area contributed by atoms with E-state index < -0.39 is 39.7 Å². The number of nitrogens with zero attached hydrogens (tertiary/aromatic N) is 1. The van der Waals surface area contributed by atoms with E-state index in [1.807, 2.05) is 0 Å². The van der Waals surface area contributed by atoms with Gasteiger partial charge in [0, 0.05) is 12.6 Å². The third-order valence-corrected chi connectivity index (χ3v) is 4.91. The summed E-state index contributed by atoms with van der Waals surface area (Å²) < 4.78 is 29.4. The Morgan fingerprint density at radius 1 is 1.44 bits per heavy atom. The number of ether oxygens (including phenoxy) is 1. The molecule has 0 amide bonds. The second-order valence-electron chi connectivity index (χ2n) is 4.35. The molecule has 1 aliphatic rings. The van der Waals surface area contributed by atoms with E-state index in [2.05, 4.69) is 4.74 Å². The predicted molar refractivity (Wildman–Crippen MR) is 62.3 cm³/mol. The first-order chi connectivity index (χ1) is 8.27. The van der Waals surface area contributed by atoms with Crippen molar-refractivity contribution in [2.24, 2.45) is 5.92 Å². The SMILES string of the molecule is COC(=O)CS(=O)(=O)N1CCC(C(=O)O)CC1C. The van der Waals surface area contributed by atoms with Crippen molar-refractivity contribution in [2.75, 3.05) is 19.4 Å². The number of carbonyl (C=O) groups is 2. The number of carbonyl (C=O) groups excluding carboxylic acids is 1. The summed E-state index contributed by atoms with van der Waals surface area (Å²) in [6.45, 7) is 1.77. The predicted octanol–water partition coefficient (Wildman–Crippen LogP) is -0.326. The summed E-state index contributed by atoms with van der Waals surface area (Å²) in [6.07, 6.45) is 0.524. The molecule has 0 aromatic rings. The van der Waals surface area contributed by atoms with Crippen LogP contribution < -0.4 is 0 Å². The van der Waals surface area contributed by atoms with Crippen molar-refractivity contribution in [3.63, 3.8) is 0 Å². The van der Waals surface area contributed by atoms with Gasteiger partial charge in [-0.3, -0.25) is 9.59 Å². The van der Waals surface area contributed by atoms with E-state index in [0.29, 0.717) is 0 Å². The van der Waals surface area contributed by atoms with Gasteiger partial charge in [0.05, 0.1) is 13.0 Å². The van der Waals surface area contributed by atoms with Gasteiger partial charge in [-0.05, 0) is 19.8 Å². The lowest BCUT2D eigenvalue weighted by Crippen LogP contribution is -2.47. The number of methoxy groups -OCH3 is 1. The molecule has 1 N–H and O–H groups in total. The number of aliphatic carboxylic acids is 1. The second kappa shape index (κ2) is 5.66. The van der Waals surface area contributed by atoms with Crippen molar-refractivity contribution in [3.05, 3.63) is 0 Å². The molecule has 2 atom stereocenters. The quantitative estimate of drug-likeness (QED) is 0.707. The lowest BCUT2D eigenvalue weighted by molar-refractivity contribution is -0.143. The molecule has 0 radical (unpaired) electrons. The first-order valence-electron chi connectivity index (χ1n) is 5.57. The monoisotopic (exact) mass is 279 g/mol. The van der Waals surface area contributed by atoms with E-state index in [9.17, 15) is 18.0 Å². The maximum atomic E-state index is 11.9. The van der Waals surface area contributed by atoms with Gasteiger partial charge in [-0.1, -0.05) is 0 Å². The van der Waals surface area contributed by atoms with Crippen LogP contribution in [0.3, 0.4) is 0 Å². The fraction of sp³-hybridized carbons (Fsp3) is 0.800. The summed E-state index contributed by atoms with van der Waals surface area (Å²) in [5.74, 6) is -2.95. The number of sulfonamides is 1. The molecule has 0 bridgehead atoms. The molecule has 0 aliphatic carbocycles. The number of hydrogen-bond acceptors (Lipinski definition) is 5. The molecule has 1 heterocycles. The van der Waals surface area contributed by atoms with Crippen LogP contribution in [0.5, 0.6) is 0 Å². The van der Waals surface area contributed by atoms with E-state index >= 15 is 0 Å². The number of esters is 1. The minimum absolute atomic E-state index is 0.122. The van der Waals surface area contributed by atoms with Gasteiger partial charge in [0.25, 0.3) is 0 Å². The molecular weight excluding hydrogens is 262 g/mol.